The van der Waals surface area contributed by atoms with Crippen LogP contribution in [-0.4, -0.2) is 43.7 Å². The molecule has 0 radical (unpaired) electrons. The van der Waals surface area contributed by atoms with Gasteiger partial charge < -0.3 is 14.6 Å². The van der Waals surface area contributed by atoms with Crippen LogP contribution in [-0.2, 0) is 9.84 Å². The molecule has 1 rings (SSSR count). The fraction of sp³-hybridized carbons (Fsp3) is 0.500. The monoisotopic (exact) mass is 316 g/mol. The number of methoxy groups -OCH3 is 1. The average Bonchev–Trinajstić information content (AvgIpc) is 2.37. The highest BCUT2D eigenvalue weighted by Gasteiger charge is 2.28. The summed E-state index contributed by atoms with van der Waals surface area (Å²) in [5.74, 6) is -0.634. The second-order valence-corrected chi connectivity index (χ2v) is 8.31. The van der Waals surface area contributed by atoms with E-state index in [9.17, 15) is 13.2 Å². The van der Waals surface area contributed by atoms with Crippen LogP contribution in [0.2, 0.25) is 0 Å². The summed E-state index contributed by atoms with van der Waals surface area (Å²) in [7, 11) is -1.88. The van der Waals surface area contributed by atoms with Gasteiger partial charge in [0.2, 0.25) is 0 Å². The number of ether oxygens (including phenoxy) is 2. The van der Waals surface area contributed by atoms with Crippen LogP contribution in [0.5, 0.6) is 11.5 Å². The third-order valence-corrected chi connectivity index (χ3v) is 5.52. The molecule has 0 unspecified atom stereocenters. The lowest BCUT2D eigenvalue weighted by Crippen LogP contribution is -2.32. The second kappa shape index (κ2) is 6.34. The van der Waals surface area contributed by atoms with E-state index in [1.807, 2.05) is 0 Å². The number of aromatic carboxylic acids is 1. The number of carbonyl (C=O) groups is 1. The van der Waals surface area contributed by atoms with Gasteiger partial charge in [-0.15, -0.1) is 0 Å². The summed E-state index contributed by atoms with van der Waals surface area (Å²) >= 11 is 0. The zero-order chi connectivity index (χ0) is 16.3. The van der Waals surface area contributed by atoms with Gasteiger partial charge in [-0.1, -0.05) is 0 Å². The van der Waals surface area contributed by atoms with E-state index in [0.717, 1.165) is 0 Å². The van der Waals surface area contributed by atoms with Gasteiger partial charge in [-0.05, 0) is 39.0 Å². The van der Waals surface area contributed by atoms with Crippen LogP contribution in [0.15, 0.2) is 18.2 Å². The van der Waals surface area contributed by atoms with Gasteiger partial charge in [0.1, 0.15) is 6.61 Å². The Morgan fingerprint density at radius 3 is 2.33 bits per heavy atom. The minimum Gasteiger partial charge on any atom is -0.493 e. The molecule has 7 heteroatoms. The fourth-order valence-corrected chi connectivity index (χ4v) is 2.40. The van der Waals surface area contributed by atoms with Gasteiger partial charge in [0.05, 0.1) is 23.2 Å². The molecule has 0 fully saturated rings. The van der Waals surface area contributed by atoms with Crippen LogP contribution in [0.3, 0.4) is 0 Å². The van der Waals surface area contributed by atoms with Crippen molar-refractivity contribution in [1.82, 2.24) is 0 Å². The summed E-state index contributed by atoms with van der Waals surface area (Å²) in [5.41, 5.74) is 0.0708. The molecule has 0 aromatic heterocycles. The number of benzene rings is 1. The summed E-state index contributed by atoms with van der Waals surface area (Å²) in [6, 6.07) is 4.15. The van der Waals surface area contributed by atoms with Gasteiger partial charge in [-0.3, -0.25) is 0 Å². The molecule has 21 heavy (non-hydrogen) atoms. The lowest BCUT2D eigenvalue weighted by molar-refractivity contribution is 0.0696. The van der Waals surface area contributed by atoms with Crippen LogP contribution < -0.4 is 9.47 Å². The molecule has 0 aliphatic heterocycles. The Hall–Kier alpha value is -1.76. The molecule has 0 aliphatic carbocycles. The van der Waals surface area contributed by atoms with E-state index in [-0.39, 0.29) is 23.7 Å². The molecule has 1 aromatic carbocycles. The Labute approximate surface area is 124 Å². The Balaban J connectivity index is 2.79. The number of rotatable bonds is 6. The second-order valence-electron chi connectivity index (χ2n) is 5.45. The maximum absolute atomic E-state index is 12.0. The van der Waals surface area contributed by atoms with Crippen LogP contribution >= 0.6 is 0 Å². The van der Waals surface area contributed by atoms with Gasteiger partial charge in [0.25, 0.3) is 0 Å². The van der Waals surface area contributed by atoms with Crippen molar-refractivity contribution in [2.75, 3.05) is 19.5 Å². The van der Waals surface area contributed by atoms with E-state index in [4.69, 9.17) is 14.6 Å². The molecular weight excluding hydrogens is 296 g/mol. The van der Waals surface area contributed by atoms with E-state index >= 15 is 0 Å². The van der Waals surface area contributed by atoms with Crippen LogP contribution in [0.25, 0.3) is 0 Å². The number of hydrogen-bond donors (Lipinski definition) is 1. The van der Waals surface area contributed by atoms with Crippen LogP contribution in [0, 0.1) is 0 Å². The third kappa shape index (κ3) is 4.35. The van der Waals surface area contributed by atoms with Gasteiger partial charge in [-0.2, -0.15) is 0 Å². The quantitative estimate of drug-likeness (QED) is 0.863. The average molecular weight is 316 g/mol. The van der Waals surface area contributed by atoms with Crippen molar-refractivity contribution in [2.24, 2.45) is 0 Å². The van der Waals surface area contributed by atoms with Gasteiger partial charge in [-0.25, -0.2) is 13.2 Å². The zero-order valence-electron chi connectivity index (χ0n) is 12.5. The Morgan fingerprint density at radius 1 is 1.24 bits per heavy atom. The minimum atomic E-state index is -3.27. The van der Waals surface area contributed by atoms with Crippen molar-refractivity contribution >= 4 is 15.8 Å². The highest BCUT2D eigenvalue weighted by Crippen LogP contribution is 2.28. The molecule has 6 nitrogen and oxygen atoms in total. The molecule has 0 spiro atoms. The number of carboxylic acid groups (broad SMARTS) is 1. The summed E-state index contributed by atoms with van der Waals surface area (Å²) in [6.07, 6.45) is 0. The molecule has 0 bridgehead atoms. The van der Waals surface area contributed by atoms with Crippen molar-refractivity contribution in [1.29, 1.82) is 0 Å². The summed E-state index contributed by atoms with van der Waals surface area (Å²) in [4.78, 5) is 10.9. The van der Waals surface area contributed by atoms with Crippen molar-refractivity contribution in [3.05, 3.63) is 23.8 Å². The Kier molecular flexibility index (Phi) is 5.22. The minimum absolute atomic E-state index is 0.0254. The zero-order valence-corrected chi connectivity index (χ0v) is 13.4. The fourth-order valence-electron chi connectivity index (χ4n) is 1.49. The molecule has 0 saturated carbocycles. The SMILES string of the molecule is COc1cc(C(=O)O)ccc1OCCS(=O)(=O)C(C)(C)C. The van der Waals surface area contributed by atoms with Gasteiger partial charge in [0.15, 0.2) is 21.3 Å². The first-order valence-corrected chi connectivity index (χ1v) is 8.00. The van der Waals surface area contributed by atoms with E-state index < -0.39 is 20.6 Å². The van der Waals surface area contributed by atoms with Crippen molar-refractivity contribution in [3.8, 4) is 11.5 Å². The van der Waals surface area contributed by atoms with E-state index in [0.29, 0.717) is 5.75 Å². The molecule has 0 amide bonds. The summed E-state index contributed by atoms with van der Waals surface area (Å²) in [5, 5.41) is 8.89. The first-order chi connectivity index (χ1) is 9.58. The first kappa shape index (κ1) is 17.3. The molecule has 118 valence electrons. The number of carboxylic acids is 1. The van der Waals surface area contributed by atoms with E-state index in [1.54, 1.807) is 20.8 Å². The largest absolute Gasteiger partial charge is 0.493 e. The maximum atomic E-state index is 12.0. The predicted octanol–water partition coefficient (Wildman–Crippen LogP) is 1.99. The molecule has 0 atom stereocenters. The van der Waals surface area contributed by atoms with Gasteiger partial charge >= 0.3 is 5.97 Å². The normalized spacial score (nSPS) is 12.0. The lowest BCUT2D eigenvalue weighted by Gasteiger charge is -2.19. The molecule has 0 heterocycles. The van der Waals surface area contributed by atoms with Gasteiger partial charge in [0, 0.05) is 0 Å². The summed E-state index contributed by atoms with van der Waals surface area (Å²) < 4.78 is 33.5. The molecule has 0 aliphatic rings. The van der Waals surface area contributed by atoms with Crippen molar-refractivity contribution in [2.45, 2.75) is 25.5 Å². The smallest absolute Gasteiger partial charge is 0.335 e. The molecule has 1 N–H and O–H groups in total. The topological polar surface area (TPSA) is 89.9 Å². The Bertz CT molecular complexity index is 613. The predicted molar refractivity (Wildman–Crippen MR) is 79.0 cm³/mol. The number of sulfone groups is 1. The highest BCUT2D eigenvalue weighted by molar-refractivity contribution is 7.92. The van der Waals surface area contributed by atoms with Crippen LogP contribution in [0.1, 0.15) is 31.1 Å². The molecule has 1 aromatic rings. The third-order valence-electron chi connectivity index (χ3n) is 2.95. The van der Waals surface area contributed by atoms with Crippen molar-refractivity contribution in [3.63, 3.8) is 0 Å². The van der Waals surface area contributed by atoms with Crippen molar-refractivity contribution < 1.29 is 27.8 Å². The molecule has 0 saturated heterocycles. The lowest BCUT2D eigenvalue weighted by atomic mass is 10.2. The first-order valence-electron chi connectivity index (χ1n) is 6.35. The maximum Gasteiger partial charge on any atom is 0.335 e. The highest BCUT2D eigenvalue weighted by atomic mass is 32.2. The number of hydrogen-bond acceptors (Lipinski definition) is 5. The molecular formula is C14H20O6S. The standard InChI is InChI=1S/C14H20O6S/c1-14(2,3)21(17,18)8-7-20-11-6-5-10(13(15)16)9-12(11)19-4/h5-6,9H,7-8H2,1-4H3,(H,15,16). The van der Waals surface area contributed by atoms with E-state index in [1.165, 1.54) is 25.3 Å². The van der Waals surface area contributed by atoms with Crippen LogP contribution in [0.4, 0.5) is 0 Å². The summed E-state index contributed by atoms with van der Waals surface area (Å²) in [6.45, 7) is 4.86. The van der Waals surface area contributed by atoms with E-state index in [2.05, 4.69) is 0 Å². The Morgan fingerprint density at radius 2 is 1.86 bits per heavy atom.